The Morgan fingerprint density at radius 3 is 2.62 bits per heavy atom. The smallest absolute Gasteiger partial charge is 0.299 e. The van der Waals surface area contributed by atoms with Crippen molar-refractivity contribution in [3.63, 3.8) is 0 Å². The SMILES string of the molecule is Cc1cccc2nc(CNc3ccc([N+](=O)[O-])cc3[N+](=O)[O-])cn12. The molecule has 0 amide bonds. The number of non-ortho nitro benzene ring substituents is 1. The highest BCUT2D eigenvalue weighted by Gasteiger charge is 2.19. The number of rotatable bonds is 5. The molecule has 9 heteroatoms. The van der Waals surface area contributed by atoms with Gasteiger partial charge in [-0.3, -0.25) is 20.2 Å². The summed E-state index contributed by atoms with van der Waals surface area (Å²) in [7, 11) is 0. The van der Waals surface area contributed by atoms with Crippen molar-refractivity contribution in [2.24, 2.45) is 0 Å². The van der Waals surface area contributed by atoms with Gasteiger partial charge >= 0.3 is 0 Å². The first-order chi connectivity index (χ1) is 11.5. The van der Waals surface area contributed by atoms with Crippen molar-refractivity contribution >= 4 is 22.7 Å². The molecule has 0 fully saturated rings. The molecule has 0 aliphatic carbocycles. The van der Waals surface area contributed by atoms with Gasteiger partial charge in [0, 0.05) is 18.0 Å². The van der Waals surface area contributed by atoms with Gasteiger partial charge in [0.15, 0.2) is 0 Å². The summed E-state index contributed by atoms with van der Waals surface area (Å²) in [5.74, 6) is 0. The molecular weight excluding hydrogens is 314 g/mol. The van der Waals surface area contributed by atoms with Crippen LogP contribution in [0.1, 0.15) is 11.4 Å². The third-order valence-electron chi connectivity index (χ3n) is 3.59. The van der Waals surface area contributed by atoms with E-state index in [1.54, 1.807) is 0 Å². The van der Waals surface area contributed by atoms with E-state index in [4.69, 9.17) is 0 Å². The van der Waals surface area contributed by atoms with Crippen molar-refractivity contribution in [1.82, 2.24) is 9.38 Å². The van der Waals surface area contributed by atoms with Crippen molar-refractivity contribution in [3.8, 4) is 0 Å². The molecule has 0 saturated carbocycles. The van der Waals surface area contributed by atoms with Crippen LogP contribution in [0.15, 0.2) is 42.6 Å². The Morgan fingerprint density at radius 1 is 1.17 bits per heavy atom. The number of hydrogen-bond acceptors (Lipinski definition) is 6. The summed E-state index contributed by atoms with van der Waals surface area (Å²) >= 11 is 0. The average molecular weight is 327 g/mol. The molecule has 1 aromatic carbocycles. The van der Waals surface area contributed by atoms with Crippen LogP contribution in [0.25, 0.3) is 5.65 Å². The minimum Gasteiger partial charge on any atom is -0.374 e. The second kappa shape index (κ2) is 5.95. The molecule has 3 rings (SSSR count). The summed E-state index contributed by atoms with van der Waals surface area (Å²) < 4.78 is 1.92. The Bertz CT molecular complexity index is 950. The van der Waals surface area contributed by atoms with Gasteiger partial charge in [0.1, 0.15) is 11.3 Å². The van der Waals surface area contributed by atoms with Crippen molar-refractivity contribution in [2.45, 2.75) is 13.5 Å². The number of anilines is 1. The fourth-order valence-corrected chi connectivity index (χ4v) is 2.40. The van der Waals surface area contributed by atoms with E-state index in [1.165, 1.54) is 12.1 Å². The molecule has 24 heavy (non-hydrogen) atoms. The van der Waals surface area contributed by atoms with E-state index >= 15 is 0 Å². The van der Waals surface area contributed by atoms with Crippen LogP contribution in [0.2, 0.25) is 0 Å². The van der Waals surface area contributed by atoms with Crippen LogP contribution < -0.4 is 5.32 Å². The lowest BCUT2D eigenvalue weighted by Gasteiger charge is -2.05. The second-order valence-corrected chi connectivity index (χ2v) is 5.20. The zero-order valence-corrected chi connectivity index (χ0v) is 12.7. The topological polar surface area (TPSA) is 116 Å². The molecular formula is C15H13N5O4. The summed E-state index contributed by atoms with van der Waals surface area (Å²) in [4.78, 5) is 25.0. The number of nitrogens with zero attached hydrogens (tertiary/aromatic N) is 4. The lowest BCUT2D eigenvalue weighted by molar-refractivity contribution is -0.393. The number of nitrogens with one attached hydrogen (secondary N) is 1. The molecule has 0 spiro atoms. The largest absolute Gasteiger partial charge is 0.374 e. The summed E-state index contributed by atoms with van der Waals surface area (Å²) in [6.45, 7) is 2.22. The summed E-state index contributed by atoms with van der Waals surface area (Å²) in [5, 5.41) is 24.8. The summed E-state index contributed by atoms with van der Waals surface area (Å²) in [6, 6.07) is 9.21. The maximum Gasteiger partial charge on any atom is 0.299 e. The van der Waals surface area contributed by atoms with Crippen molar-refractivity contribution in [2.75, 3.05) is 5.32 Å². The zero-order chi connectivity index (χ0) is 17.3. The van der Waals surface area contributed by atoms with Crippen LogP contribution >= 0.6 is 0 Å². The standard InChI is InChI=1S/C15H13N5O4/c1-10-3-2-4-15-17-11(9-18(10)15)8-16-13-6-5-12(19(21)22)7-14(13)20(23)24/h2-7,9,16H,8H2,1H3. The third-order valence-corrected chi connectivity index (χ3v) is 3.59. The zero-order valence-electron chi connectivity index (χ0n) is 12.7. The van der Waals surface area contributed by atoms with Crippen LogP contribution in [-0.4, -0.2) is 19.2 Å². The molecule has 9 nitrogen and oxygen atoms in total. The molecule has 3 aromatic rings. The van der Waals surface area contributed by atoms with Crippen molar-refractivity contribution in [3.05, 3.63) is 74.2 Å². The van der Waals surface area contributed by atoms with E-state index in [9.17, 15) is 20.2 Å². The highest BCUT2D eigenvalue weighted by molar-refractivity contribution is 5.65. The van der Waals surface area contributed by atoms with E-state index in [2.05, 4.69) is 10.3 Å². The van der Waals surface area contributed by atoms with E-state index in [-0.39, 0.29) is 23.6 Å². The van der Waals surface area contributed by atoms with Gasteiger partial charge in [-0.15, -0.1) is 0 Å². The van der Waals surface area contributed by atoms with Crippen molar-refractivity contribution < 1.29 is 9.85 Å². The normalized spacial score (nSPS) is 10.7. The first-order valence-electron chi connectivity index (χ1n) is 7.06. The maximum absolute atomic E-state index is 11.1. The van der Waals surface area contributed by atoms with Crippen LogP contribution in [0.3, 0.4) is 0 Å². The Morgan fingerprint density at radius 2 is 1.96 bits per heavy atom. The molecule has 0 bridgehead atoms. The minimum atomic E-state index is -0.665. The van der Waals surface area contributed by atoms with Gasteiger partial charge in [-0.25, -0.2) is 4.98 Å². The number of aromatic nitrogens is 2. The Balaban J connectivity index is 1.86. The molecule has 0 saturated heterocycles. The molecule has 122 valence electrons. The number of imidazole rings is 1. The highest BCUT2D eigenvalue weighted by Crippen LogP contribution is 2.29. The van der Waals surface area contributed by atoms with E-state index in [0.717, 1.165) is 17.4 Å². The number of pyridine rings is 1. The third kappa shape index (κ3) is 2.86. The fourth-order valence-electron chi connectivity index (χ4n) is 2.40. The van der Waals surface area contributed by atoms with Gasteiger partial charge in [-0.2, -0.15) is 0 Å². The summed E-state index contributed by atoms with van der Waals surface area (Å²) in [6.07, 6.45) is 1.84. The van der Waals surface area contributed by atoms with Crippen LogP contribution in [0.5, 0.6) is 0 Å². The van der Waals surface area contributed by atoms with Gasteiger partial charge in [-0.1, -0.05) is 6.07 Å². The monoisotopic (exact) mass is 327 g/mol. The highest BCUT2D eigenvalue weighted by atomic mass is 16.6. The first-order valence-corrected chi connectivity index (χ1v) is 7.06. The maximum atomic E-state index is 11.1. The van der Waals surface area contributed by atoms with Crippen LogP contribution in [0, 0.1) is 27.2 Å². The number of nitro benzene ring substituents is 2. The fraction of sp³-hybridized carbons (Fsp3) is 0.133. The lowest BCUT2D eigenvalue weighted by Crippen LogP contribution is -2.03. The molecule has 2 aromatic heterocycles. The number of aryl methyl sites for hydroxylation is 1. The molecule has 0 unspecified atom stereocenters. The molecule has 0 atom stereocenters. The molecule has 2 heterocycles. The number of fused-ring (bicyclic) bond motifs is 1. The van der Waals surface area contributed by atoms with E-state index in [0.29, 0.717) is 5.69 Å². The summed E-state index contributed by atoms with van der Waals surface area (Å²) in [5.41, 5.74) is 2.05. The van der Waals surface area contributed by atoms with Gasteiger partial charge in [-0.05, 0) is 25.1 Å². The Labute approximate surface area is 135 Å². The van der Waals surface area contributed by atoms with Crippen molar-refractivity contribution in [1.29, 1.82) is 0 Å². The number of nitro groups is 2. The first kappa shape index (κ1) is 15.4. The second-order valence-electron chi connectivity index (χ2n) is 5.20. The molecule has 1 N–H and O–H groups in total. The van der Waals surface area contributed by atoms with Crippen LogP contribution in [0.4, 0.5) is 17.1 Å². The minimum absolute atomic E-state index is 0.208. The van der Waals surface area contributed by atoms with Gasteiger partial charge in [0.2, 0.25) is 0 Å². The Kier molecular flexibility index (Phi) is 3.82. The molecule has 0 aliphatic rings. The van der Waals surface area contributed by atoms with Gasteiger partial charge in [0.25, 0.3) is 11.4 Å². The Hall–Kier alpha value is -3.49. The number of benzene rings is 1. The predicted molar refractivity (Wildman–Crippen MR) is 87.0 cm³/mol. The van der Waals surface area contributed by atoms with Gasteiger partial charge < -0.3 is 9.72 Å². The van der Waals surface area contributed by atoms with Gasteiger partial charge in [0.05, 0.1) is 28.2 Å². The predicted octanol–water partition coefficient (Wildman–Crippen LogP) is 3.07. The van der Waals surface area contributed by atoms with Crippen LogP contribution in [-0.2, 0) is 6.54 Å². The molecule has 0 radical (unpaired) electrons. The quantitative estimate of drug-likeness (QED) is 0.568. The van der Waals surface area contributed by atoms with E-state index in [1.807, 2.05) is 35.7 Å². The average Bonchev–Trinajstić information content (AvgIpc) is 2.97. The lowest BCUT2D eigenvalue weighted by atomic mass is 10.2. The number of hydrogen-bond donors (Lipinski definition) is 1. The molecule has 0 aliphatic heterocycles. The van der Waals surface area contributed by atoms with E-state index < -0.39 is 9.85 Å².